The van der Waals surface area contributed by atoms with Crippen LogP contribution in [0.5, 0.6) is 11.5 Å². The van der Waals surface area contributed by atoms with Gasteiger partial charge in [0.25, 0.3) is 0 Å². The van der Waals surface area contributed by atoms with Crippen molar-refractivity contribution in [1.82, 2.24) is 0 Å². The summed E-state index contributed by atoms with van der Waals surface area (Å²) in [7, 11) is 0. The van der Waals surface area contributed by atoms with Crippen LogP contribution >= 0.6 is 0 Å². The number of aromatic hydroxyl groups is 1. The number of nitrogens with one attached hydrogen (secondary N) is 1. The van der Waals surface area contributed by atoms with Gasteiger partial charge in [-0.2, -0.15) is 0 Å². The summed E-state index contributed by atoms with van der Waals surface area (Å²) < 4.78 is 5.50. The fourth-order valence-corrected chi connectivity index (χ4v) is 1.87. The van der Waals surface area contributed by atoms with Gasteiger partial charge in [-0.15, -0.1) is 6.42 Å². The van der Waals surface area contributed by atoms with Crippen molar-refractivity contribution >= 4 is 5.69 Å². The van der Waals surface area contributed by atoms with Gasteiger partial charge >= 0.3 is 0 Å². The number of hydrogen-bond acceptors (Lipinski definition) is 3. The fourth-order valence-electron chi connectivity index (χ4n) is 1.87. The van der Waals surface area contributed by atoms with E-state index in [1.54, 1.807) is 6.07 Å². The molecule has 0 atom stereocenters. The number of para-hydroxylation sites is 1. The first-order valence-electron chi connectivity index (χ1n) is 6.38. The molecule has 2 N–H and O–H groups in total. The van der Waals surface area contributed by atoms with Gasteiger partial charge in [0.05, 0.1) is 0 Å². The van der Waals surface area contributed by atoms with E-state index in [-0.39, 0.29) is 6.61 Å². The first kappa shape index (κ1) is 13.8. The minimum absolute atomic E-state index is 0.259. The molecular formula is C17H17NO2. The van der Waals surface area contributed by atoms with E-state index in [1.807, 2.05) is 43.3 Å². The Bertz CT molecular complexity index is 629. The zero-order valence-electron chi connectivity index (χ0n) is 11.4. The van der Waals surface area contributed by atoms with Gasteiger partial charge in [0.1, 0.15) is 18.1 Å². The van der Waals surface area contributed by atoms with Gasteiger partial charge in [0, 0.05) is 17.8 Å². The summed E-state index contributed by atoms with van der Waals surface area (Å²) in [6.07, 6.45) is 5.21. The molecule has 0 spiro atoms. The summed E-state index contributed by atoms with van der Waals surface area (Å²) in [6, 6.07) is 13.2. The van der Waals surface area contributed by atoms with E-state index in [0.29, 0.717) is 12.3 Å². The van der Waals surface area contributed by atoms with Gasteiger partial charge in [-0.1, -0.05) is 24.1 Å². The molecule has 2 aromatic rings. The maximum atomic E-state index is 9.50. The van der Waals surface area contributed by atoms with Crippen LogP contribution in [-0.2, 0) is 6.54 Å². The Hall–Kier alpha value is -2.60. The van der Waals surface area contributed by atoms with Crippen LogP contribution in [0.25, 0.3) is 0 Å². The molecule has 0 aliphatic carbocycles. The van der Waals surface area contributed by atoms with Crippen molar-refractivity contribution in [1.29, 1.82) is 0 Å². The second-order valence-electron chi connectivity index (χ2n) is 4.46. The van der Waals surface area contributed by atoms with Crippen molar-refractivity contribution in [3.8, 4) is 23.8 Å². The zero-order valence-corrected chi connectivity index (χ0v) is 11.4. The largest absolute Gasteiger partial charge is 0.508 e. The van der Waals surface area contributed by atoms with Gasteiger partial charge in [0.15, 0.2) is 0 Å². The average molecular weight is 267 g/mol. The van der Waals surface area contributed by atoms with E-state index >= 15 is 0 Å². The normalized spacial score (nSPS) is 9.80. The number of rotatable bonds is 5. The fraction of sp³-hybridized carbons (Fsp3) is 0.176. The molecule has 0 saturated heterocycles. The van der Waals surface area contributed by atoms with E-state index in [1.165, 1.54) is 0 Å². The SMILES string of the molecule is C#CCOc1ccccc1CNc1ccc(O)c(C)c1. The number of anilines is 1. The van der Waals surface area contributed by atoms with Gasteiger partial charge in [-0.25, -0.2) is 0 Å². The van der Waals surface area contributed by atoms with Crippen molar-refractivity contribution in [2.24, 2.45) is 0 Å². The Morgan fingerprint density at radius 1 is 1.25 bits per heavy atom. The Kier molecular flexibility index (Phi) is 4.52. The van der Waals surface area contributed by atoms with Crippen molar-refractivity contribution in [2.75, 3.05) is 11.9 Å². The number of terminal acetylenes is 1. The van der Waals surface area contributed by atoms with E-state index < -0.39 is 0 Å². The lowest BCUT2D eigenvalue weighted by atomic mass is 10.1. The molecule has 3 heteroatoms. The molecule has 0 saturated carbocycles. The van der Waals surface area contributed by atoms with Crippen LogP contribution in [0.15, 0.2) is 42.5 Å². The third-order valence-electron chi connectivity index (χ3n) is 2.96. The first-order chi connectivity index (χ1) is 9.70. The summed E-state index contributed by atoms with van der Waals surface area (Å²) >= 11 is 0. The average Bonchev–Trinajstić information content (AvgIpc) is 2.47. The summed E-state index contributed by atoms with van der Waals surface area (Å²) in [5, 5.41) is 12.8. The summed E-state index contributed by atoms with van der Waals surface area (Å²) in [5.41, 5.74) is 2.83. The predicted octanol–water partition coefficient (Wildman–Crippen LogP) is 3.32. The van der Waals surface area contributed by atoms with Crippen LogP contribution in [0.2, 0.25) is 0 Å². The summed E-state index contributed by atoms with van der Waals surface area (Å²) in [5.74, 6) is 3.55. The maximum Gasteiger partial charge on any atom is 0.148 e. The molecule has 2 aromatic carbocycles. The quantitative estimate of drug-likeness (QED) is 0.645. The molecule has 0 heterocycles. The molecule has 0 bridgehead atoms. The third kappa shape index (κ3) is 3.46. The molecule has 0 aromatic heterocycles. The van der Waals surface area contributed by atoms with Crippen LogP contribution in [-0.4, -0.2) is 11.7 Å². The molecule has 0 unspecified atom stereocenters. The number of benzene rings is 2. The lowest BCUT2D eigenvalue weighted by Crippen LogP contribution is -2.03. The van der Waals surface area contributed by atoms with E-state index in [2.05, 4.69) is 11.2 Å². The maximum absolute atomic E-state index is 9.50. The third-order valence-corrected chi connectivity index (χ3v) is 2.96. The molecule has 0 radical (unpaired) electrons. The van der Waals surface area contributed by atoms with E-state index in [0.717, 1.165) is 22.6 Å². The number of aryl methyl sites for hydroxylation is 1. The van der Waals surface area contributed by atoms with Crippen LogP contribution in [0.4, 0.5) is 5.69 Å². The van der Waals surface area contributed by atoms with Crippen molar-refractivity contribution in [3.63, 3.8) is 0 Å². The van der Waals surface area contributed by atoms with Gasteiger partial charge < -0.3 is 15.2 Å². The first-order valence-corrected chi connectivity index (χ1v) is 6.38. The Labute approximate surface area is 119 Å². The number of hydrogen-bond donors (Lipinski definition) is 2. The standard InChI is InChI=1S/C17H17NO2/c1-3-10-20-17-7-5-4-6-14(17)12-18-15-8-9-16(19)13(2)11-15/h1,4-9,11,18-19H,10,12H2,2H3. The monoisotopic (exact) mass is 267 g/mol. The number of ether oxygens (including phenoxy) is 1. The minimum Gasteiger partial charge on any atom is -0.508 e. The van der Waals surface area contributed by atoms with Crippen molar-refractivity contribution < 1.29 is 9.84 Å². The van der Waals surface area contributed by atoms with E-state index in [4.69, 9.17) is 11.2 Å². The molecule has 20 heavy (non-hydrogen) atoms. The summed E-state index contributed by atoms with van der Waals surface area (Å²) in [6.45, 7) is 2.75. The lowest BCUT2D eigenvalue weighted by molar-refractivity contribution is 0.366. The second kappa shape index (κ2) is 6.53. The van der Waals surface area contributed by atoms with Gasteiger partial charge in [0.2, 0.25) is 0 Å². The van der Waals surface area contributed by atoms with Gasteiger partial charge in [-0.3, -0.25) is 0 Å². The lowest BCUT2D eigenvalue weighted by Gasteiger charge is -2.12. The highest BCUT2D eigenvalue weighted by Crippen LogP contribution is 2.22. The Morgan fingerprint density at radius 2 is 2.05 bits per heavy atom. The van der Waals surface area contributed by atoms with Crippen molar-refractivity contribution in [3.05, 3.63) is 53.6 Å². The molecule has 3 nitrogen and oxygen atoms in total. The Morgan fingerprint density at radius 3 is 2.80 bits per heavy atom. The highest BCUT2D eigenvalue weighted by atomic mass is 16.5. The Balaban J connectivity index is 2.06. The zero-order chi connectivity index (χ0) is 14.4. The second-order valence-corrected chi connectivity index (χ2v) is 4.46. The highest BCUT2D eigenvalue weighted by molar-refractivity contribution is 5.51. The minimum atomic E-state index is 0.259. The molecule has 0 aliphatic heterocycles. The number of phenolic OH excluding ortho intramolecular Hbond substituents is 1. The topological polar surface area (TPSA) is 41.5 Å². The van der Waals surface area contributed by atoms with Crippen molar-refractivity contribution in [2.45, 2.75) is 13.5 Å². The van der Waals surface area contributed by atoms with Crippen LogP contribution < -0.4 is 10.1 Å². The molecule has 0 amide bonds. The molecule has 0 fully saturated rings. The van der Waals surface area contributed by atoms with Gasteiger partial charge in [-0.05, 0) is 36.8 Å². The number of phenols is 1. The predicted molar refractivity (Wildman–Crippen MR) is 80.9 cm³/mol. The van der Waals surface area contributed by atoms with E-state index in [9.17, 15) is 5.11 Å². The van der Waals surface area contributed by atoms with Crippen LogP contribution in [0, 0.1) is 19.3 Å². The molecular weight excluding hydrogens is 250 g/mol. The molecule has 2 rings (SSSR count). The molecule has 0 aliphatic rings. The van der Waals surface area contributed by atoms with Crippen LogP contribution in [0.3, 0.4) is 0 Å². The smallest absolute Gasteiger partial charge is 0.148 e. The summed E-state index contributed by atoms with van der Waals surface area (Å²) in [4.78, 5) is 0. The molecule has 102 valence electrons. The van der Waals surface area contributed by atoms with Crippen LogP contribution in [0.1, 0.15) is 11.1 Å². The highest BCUT2D eigenvalue weighted by Gasteiger charge is 2.03.